The molecule has 0 saturated carbocycles. The van der Waals surface area contributed by atoms with E-state index in [4.69, 9.17) is 23.2 Å². The molecule has 3 rings (SSSR count). The third kappa shape index (κ3) is 2.23. The molecule has 100 valence electrons. The second-order valence-electron chi connectivity index (χ2n) is 4.34. The highest BCUT2D eigenvalue weighted by Crippen LogP contribution is 2.28. The SMILES string of the molecule is CCc1c(Cl)nc(-c2nccc3ccccc23)nc1Cl. The van der Waals surface area contributed by atoms with Crippen LogP contribution in [0.3, 0.4) is 0 Å². The van der Waals surface area contributed by atoms with Crippen LogP contribution in [0, 0.1) is 0 Å². The van der Waals surface area contributed by atoms with Crippen molar-refractivity contribution in [2.75, 3.05) is 0 Å². The number of nitrogens with zero attached hydrogens (tertiary/aromatic N) is 3. The predicted octanol–water partition coefficient (Wildman–Crippen LogP) is 4.56. The summed E-state index contributed by atoms with van der Waals surface area (Å²) in [6.45, 7) is 1.96. The average Bonchev–Trinajstić information content (AvgIpc) is 2.46. The number of aromatic nitrogens is 3. The van der Waals surface area contributed by atoms with Gasteiger partial charge in [0.05, 0.1) is 0 Å². The Bertz CT molecular complexity index is 759. The fraction of sp³-hybridized carbons (Fsp3) is 0.133. The molecule has 0 saturated heterocycles. The molecule has 0 N–H and O–H groups in total. The minimum Gasteiger partial charge on any atom is -0.252 e. The van der Waals surface area contributed by atoms with Gasteiger partial charge in [-0.1, -0.05) is 54.4 Å². The standard InChI is InChI=1S/C15H11Cl2N3/c1-2-10-13(16)19-15(20-14(10)17)12-11-6-4-3-5-9(11)7-8-18-12/h3-8H,2H2,1H3. The van der Waals surface area contributed by atoms with E-state index in [0.29, 0.717) is 28.2 Å². The van der Waals surface area contributed by atoms with Crippen molar-refractivity contribution in [3.8, 4) is 11.5 Å². The Morgan fingerprint density at radius 3 is 2.40 bits per heavy atom. The lowest BCUT2D eigenvalue weighted by Gasteiger charge is -2.08. The van der Waals surface area contributed by atoms with Crippen molar-refractivity contribution in [3.63, 3.8) is 0 Å². The third-order valence-corrected chi connectivity index (χ3v) is 3.77. The Morgan fingerprint density at radius 1 is 1.00 bits per heavy atom. The number of hydrogen-bond acceptors (Lipinski definition) is 3. The number of benzene rings is 1. The van der Waals surface area contributed by atoms with Crippen LogP contribution in [0.15, 0.2) is 36.5 Å². The molecule has 0 bridgehead atoms. The van der Waals surface area contributed by atoms with E-state index >= 15 is 0 Å². The second kappa shape index (κ2) is 5.35. The van der Waals surface area contributed by atoms with Crippen molar-refractivity contribution in [1.29, 1.82) is 0 Å². The first kappa shape index (κ1) is 13.3. The third-order valence-electron chi connectivity index (χ3n) is 3.15. The van der Waals surface area contributed by atoms with E-state index in [1.165, 1.54) is 0 Å². The van der Waals surface area contributed by atoms with Crippen LogP contribution in [0.25, 0.3) is 22.3 Å². The molecule has 0 radical (unpaired) electrons. The van der Waals surface area contributed by atoms with Crippen molar-refractivity contribution < 1.29 is 0 Å². The summed E-state index contributed by atoms with van der Waals surface area (Å²) in [5.41, 5.74) is 1.45. The molecule has 3 nitrogen and oxygen atoms in total. The number of rotatable bonds is 2. The van der Waals surface area contributed by atoms with Gasteiger partial charge in [0, 0.05) is 17.1 Å². The largest absolute Gasteiger partial charge is 0.252 e. The van der Waals surface area contributed by atoms with E-state index in [0.717, 1.165) is 16.3 Å². The maximum atomic E-state index is 6.17. The molecule has 3 aromatic rings. The Morgan fingerprint density at radius 2 is 1.70 bits per heavy atom. The van der Waals surface area contributed by atoms with Crippen LogP contribution in [0.2, 0.25) is 10.3 Å². The number of halogens is 2. The monoisotopic (exact) mass is 303 g/mol. The number of pyridine rings is 1. The lowest BCUT2D eigenvalue weighted by molar-refractivity contribution is 1.04. The smallest absolute Gasteiger partial charge is 0.181 e. The molecule has 0 spiro atoms. The van der Waals surface area contributed by atoms with Crippen LogP contribution in [-0.4, -0.2) is 15.0 Å². The fourth-order valence-corrected chi connectivity index (χ4v) is 2.78. The normalized spacial score (nSPS) is 10.9. The van der Waals surface area contributed by atoms with Crippen LogP contribution >= 0.6 is 23.2 Å². The average molecular weight is 304 g/mol. The maximum Gasteiger partial charge on any atom is 0.181 e. The van der Waals surface area contributed by atoms with Gasteiger partial charge in [-0.3, -0.25) is 4.98 Å². The summed E-state index contributed by atoms with van der Waals surface area (Å²) in [4.78, 5) is 13.0. The molecular formula is C15H11Cl2N3. The minimum atomic E-state index is 0.386. The lowest BCUT2D eigenvalue weighted by Crippen LogP contribution is -1.98. The van der Waals surface area contributed by atoms with Crippen molar-refractivity contribution in [3.05, 3.63) is 52.4 Å². The summed E-state index contributed by atoms with van der Waals surface area (Å²) >= 11 is 12.3. The van der Waals surface area contributed by atoms with Crippen molar-refractivity contribution >= 4 is 34.0 Å². The summed E-state index contributed by atoms with van der Waals surface area (Å²) in [5.74, 6) is 0.453. The molecule has 0 atom stereocenters. The maximum absolute atomic E-state index is 6.17. The van der Waals surface area contributed by atoms with Gasteiger partial charge in [-0.25, -0.2) is 9.97 Å². The summed E-state index contributed by atoms with van der Waals surface area (Å²) in [6.07, 6.45) is 2.43. The molecular weight excluding hydrogens is 293 g/mol. The first-order valence-electron chi connectivity index (χ1n) is 6.26. The van der Waals surface area contributed by atoms with Gasteiger partial charge in [0.15, 0.2) is 5.82 Å². The van der Waals surface area contributed by atoms with E-state index in [-0.39, 0.29) is 0 Å². The predicted molar refractivity (Wildman–Crippen MR) is 82.2 cm³/mol. The Labute approximate surface area is 126 Å². The van der Waals surface area contributed by atoms with Gasteiger partial charge in [-0.05, 0) is 17.9 Å². The topological polar surface area (TPSA) is 38.7 Å². The van der Waals surface area contributed by atoms with Crippen LogP contribution in [0.4, 0.5) is 0 Å². The van der Waals surface area contributed by atoms with Gasteiger partial charge in [0.1, 0.15) is 16.0 Å². The van der Waals surface area contributed by atoms with Crippen molar-refractivity contribution in [2.45, 2.75) is 13.3 Å². The zero-order chi connectivity index (χ0) is 14.1. The molecule has 0 aliphatic heterocycles. The second-order valence-corrected chi connectivity index (χ2v) is 5.06. The molecule has 2 heterocycles. The molecule has 0 unspecified atom stereocenters. The van der Waals surface area contributed by atoms with Crippen LogP contribution in [0.1, 0.15) is 12.5 Å². The van der Waals surface area contributed by atoms with E-state index in [9.17, 15) is 0 Å². The molecule has 0 aliphatic rings. The molecule has 1 aromatic carbocycles. The van der Waals surface area contributed by atoms with Gasteiger partial charge in [0.2, 0.25) is 0 Å². The Kier molecular flexibility index (Phi) is 3.55. The van der Waals surface area contributed by atoms with E-state index in [2.05, 4.69) is 15.0 Å². The molecule has 2 aromatic heterocycles. The fourth-order valence-electron chi connectivity index (χ4n) is 2.13. The summed E-state index contributed by atoms with van der Waals surface area (Å²) in [7, 11) is 0. The van der Waals surface area contributed by atoms with E-state index < -0.39 is 0 Å². The number of hydrogen-bond donors (Lipinski definition) is 0. The molecule has 20 heavy (non-hydrogen) atoms. The van der Waals surface area contributed by atoms with Crippen LogP contribution in [-0.2, 0) is 6.42 Å². The lowest BCUT2D eigenvalue weighted by atomic mass is 10.1. The van der Waals surface area contributed by atoms with Gasteiger partial charge >= 0.3 is 0 Å². The highest BCUT2D eigenvalue weighted by atomic mass is 35.5. The summed E-state index contributed by atoms with van der Waals surface area (Å²) in [6, 6.07) is 9.88. The molecule has 5 heteroatoms. The molecule has 0 amide bonds. The van der Waals surface area contributed by atoms with Crippen molar-refractivity contribution in [2.24, 2.45) is 0 Å². The highest BCUT2D eigenvalue weighted by Gasteiger charge is 2.14. The Balaban J connectivity index is 2.26. The molecule has 0 fully saturated rings. The van der Waals surface area contributed by atoms with Crippen molar-refractivity contribution in [1.82, 2.24) is 15.0 Å². The van der Waals surface area contributed by atoms with Crippen LogP contribution in [0.5, 0.6) is 0 Å². The van der Waals surface area contributed by atoms with Crippen LogP contribution < -0.4 is 0 Å². The first-order chi connectivity index (χ1) is 9.70. The van der Waals surface area contributed by atoms with Gasteiger partial charge < -0.3 is 0 Å². The van der Waals surface area contributed by atoms with Gasteiger partial charge in [-0.2, -0.15) is 0 Å². The highest BCUT2D eigenvalue weighted by molar-refractivity contribution is 6.34. The zero-order valence-corrected chi connectivity index (χ0v) is 12.3. The van der Waals surface area contributed by atoms with Gasteiger partial charge in [0.25, 0.3) is 0 Å². The summed E-state index contributed by atoms with van der Waals surface area (Å²) < 4.78 is 0. The first-order valence-corrected chi connectivity index (χ1v) is 7.02. The Hall–Kier alpha value is -1.71. The van der Waals surface area contributed by atoms with E-state index in [1.54, 1.807) is 6.20 Å². The minimum absolute atomic E-state index is 0.386. The molecule has 0 aliphatic carbocycles. The zero-order valence-electron chi connectivity index (χ0n) is 10.8. The quantitative estimate of drug-likeness (QED) is 0.651. The number of fused-ring (bicyclic) bond motifs is 1. The van der Waals surface area contributed by atoms with E-state index in [1.807, 2.05) is 37.3 Å². The van der Waals surface area contributed by atoms with Gasteiger partial charge in [-0.15, -0.1) is 0 Å². The summed E-state index contributed by atoms with van der Waals surface area (Å²) in [5, 5.41) is 2.83.